The van der Waals surface area contributed by atoms with Gasteiger partial charge in [-0.15, -0.1) is 0 Å². The average Bonchev–Trinajstić information content (AvgIpc) is 2.50. The number of likely N-dealkylation sites (N-methyl/N-ethyl adjacent to an activating group) is 1. The molecule has 106 valence electrons. The Morgan fingerprint density at radius 2 is 1.65 bits per heavy atom. The van der Waals surface area contributed by atoms with Crippen LogP contribution in [0.1, 0.15) is 18.1 Å². The van der Waals surface area contributed by atoms with E-state index in [9.17, 15) is 0 Å². The third-order valence-electron chi connectivity index (χ3n) is 3.40. The number of aryl methyl sites for hydroxylation is 1. The lowest BCUT2D eigenvalue weighted by molar-refractivity contribution is 0.127. The number of ether oxygens (including phenoxy) is 1. The quantitative estimate of drug-likeness (QED) is 0.703. The van der Waals surface area contributed by atoms with Gasteiger partial charge in [0, 0.05) is 18.8 Å². The van der Waals surface area contributed by atoms with Crippen molar-refractivity contribution in [1.29, 1.82) is 0 Å². The van der Waals surface area contributed by atoms with Gasteiger partial charge in [0.1, 0.15) is 0 Å². The molecule has 0 atom stereocenters. The van der Waals surface area contributed by atoms with Crippen LogP contribution in [0.5, 0.6) is 0 Å². The third-order valence-corrected chi connectivity index (χ3v) is 3.40. The zero-order chi connectivity index (χ0) is 14.2. The highest BCUT2D eigenvalue weighted by Gasteiger charge is 2.03. The largest absolute Gasteiger partial charge is 0.375 e. The van der Waals surface area contributed by atoms with E-state index >= 15 is 0 Å². The molecule has 0 amide bonds. The molecule has 20 heavy (non-hydrogen) atoms. The highest BCUT2D eigenvalue weighted by atomic mass is 16.5. The van der Waals surface area contributed by atoms with Crippen LogP contribution in [0, 0.1) is 6.92 Å². The van der Waals surface area contributed by atoms with Gasteiger partial charge in [-0.25, -0.2) is 0 Å². The summed E-state index contributed by atoms with van der Waals surface area (Å²) in [5, 5.41) is 0. The summed E-state index contributed by atoms with van der Waals surface area (Å²) >= 11 is 0. The van der Waals surface area contributed by atoms with Gasteiger partial charge in [-0.2, -0.15) is 0 Å². The van der Waals surface area contributed by atoms with Gasteiger partial charge in [-0.05, 0) is 31.5 Å². The van der Waals surface area contributed by atoms with Crippen LogP contribution in [0.3, 0.4) is 0 Å². The Morgan fingerprint density at radius 3 is 2.30 bits per heavy atom. The predicted molar refractivity (Wildman–Crippen MR) is 85.2 cm³/mol. The molecule has 2 heteroatoms. The van der Waals surface area contributed by atoms with Crippen LogP contribution >= 0.6 is 0 Å². The van der Waals surface area contributed by atoms with Crippen molar-refractivity contribution in [2.45, 2.75) is 20.5 Å². The Morgan fingerprint density at radius 1 is 0.950 bits per heavy atom. The van der Waals surface area contributed by atoms with E-state index in [1.165, 1.54) is 16.8 Å². The summed E-state index contributed by atoms with van der Waals surface area (Å²) in [6.07, 6.45) is 0. The van der Waals surface area contributed by atoms with E-state index in [4.69, 9.17) is 4.74 Å². The number of para-hydroxylation sites is 1. The second-order valence-electron chi connectivity index (χ2n) is 4.95. The van der Waals surface area contributed by atoms with Gasteiger partial charge in [0.05, 0.1) is 13.2 Å². The van der Waals surface area contributed by atoms with Crippen LogP contribution in [0.2, 0.25) is 0 Å². The summed E-state index contributed by atoms with van der Waals surface area (Å²) in [5.74, 6) is 0. The average molecular weight is 269 g/mol. The van der Waals surface area contributed by atoms with Gasteiger partial charge >= 0.3 is 0 Å². The van der Waals surface area contributed by atoms with E-state index in [1.54, 1.807) is 0 Å². The molecular formula is C18H23NO. The molecular weight excluding hydrogens is 246 g/mol. The number of rotatable bonds is 7. The molecule has 0 aliphatic rings. The summed E-state index contributed by atoms with van der Waals surface area (Å²) in [4.78, 5) is 2.33. The Bertz CT molecular complexity index is 493. The highest BCUT2D eigenvalue weighted by Crippen LogP contribution is 2.12. The number of hydrogen-bond donors (Lipinski definition) is 0. The maximum atomic E-state index is 5.77. The zero-order valence-corrected chi connectivity index (χ0v) is 12.4. The van der Waals surface area contributed by atoms with Crippen molar-refractivity contribution in [3.05, 3.63) is 65.7 Å². The molecule has 2 nitrogen and oxygen atoms in total. The van der Waals surface area contributed by atoms with Gasteiger partial charge in [0.15, 0.2) is 0 Å². The van der Waals surface area contributed by atoms with Crippen molar-refractivity contribution in [3.8, 4) is 0 Å². The first kappa shape index (κ1) is 14.6. The van der Waals surface area contributed by atoms with E-state index in [0.29, 0.717) is 6.61 Å². The predicted octanol–water partition coefficient (Wildman–Crippen LogP) is 4.04. The van der Waals surface area contributed by atoms with Gasteiger partial charge in [-0.1, -0.05) is 48.0 Å². The number of nitrogens with zero attached hydrogens (tertiary/aromatic N) is 1. The molecule has 2 rings (SSSR count). The SMILES string of the molecule is CCN(CCOCc1ccc(C)cc1)c1ccccc1. The zero-order valence-electron chi connectivity index (χ0n) is 12.4. The molecule has 0 fully saturated rings. The smallest absolute Gasteiger partial charge is 0.0717 e. The molecule has 0 N–H and O–H groups in total. The van der Waals surface area contributed by atoms with E-state index in [1.807, 2.05) is 6.07 Å². The maximum absolute atomic E-state index is 5.77. The first-order chi connectivity index (χ1) is 9.79. The van der Waals surface area contributed by atoms with Gasteiger partial charge in [-0.3, -0.25) is 0 Å². The number of hydrogen-bond acceptors (Lipinski definition) is 2. The lowest BCUT2D eigenvalue weighted by atomic mass is 10.2. The van der Waals surface area contributed by atoms with Gasteiger partial charge < -0.3 is 9.64 Å². The van der Waals surface area contributed by atoms with E-state index in [0.717, 1.165) is 19.7 Å². The van der Waals surface area contributed by atoms with E-state index in [-0.39, 0.29) is 0 Å². The van der Waals surface area contributed by atoms with Gasteiger partial charge in [0.2, 0.25) is 0 Å². The van der Waals surface area contributed by atoms with Crippen molar-refractivity contribution in [2.75, 3.05) is 24.6 Å². The third kappa shape index (κ3) is 4.39. The fourth-order valence-electron chi connectivity index (χ4n) is 2.16. The van der Waals surface area contributed by atoms with E-state index in [2.05, 4.69) is 67.3 Å². The van der Waals surface area contributed by atoms with Crippen LogP contribution in [-0.4, -0.2) is 19.7 Å². The van der Waals surface area contributed by atoms with Crippen LogP contribution in [0.15, 0.2) is 54.6 Å². The van der Waals surface area contributed by atoms with Crippen molar-refractivity contribution in [3.63, 3.8) is 0 Å². The topological polar surface area (TPSA) is 12.5 Å². The fourth-order valence-corrected chi connectivity index (χ4v) is 2.16. The molecule has 2 aromatic carbocycles. The molecule has 2 aromatic rings. The molecule has 0 heterocycles. The second-order valence-corrected chi connectivity index (χ2v) is 4.95. The van der Waals surface area contributed by atoms with Crippen LogP contribution < -0.4 is 4.90 Å². The molecule has 0 unspecified atom stereocenters. The van der Waals surface area contributed by atoms with Crippen LogP contribution in [0.4, 0.5) is 5.69 Å². The number of anilines is 1. The van der Waals surface area contributed by atoms with E-state index < -0.39 is 0 Å². The minimum atomic E-state index is 0.687. The summed E-state index contributed by atoms with van der Waals surface area (Å²) < 4.78 is 5.77. The summed E-state index contributed by atoms with van der Waals surface area (Å²) in [6.45, 7) is 7.63. The molecule has 0 saturated heterocycles. The minimum absolute atomic E-state index is 0.687. The number of benzene rings is 2. The molecule has 0 aromatic heterocycles. The monoisotopic (exact) mass is 269 g/mol. The van der Waals surface area contributed by atoms with Gasteiger partial charge in [0.25, 0.3) is 0 Å². The first-order valence-corrected chi connectivity index (χ1v) is 7.23. The molecule has 0 saturated carbocycles. The molecule has 0 spiro atoms. The molecule has 0 radical (unpaired) electrons. The minimum Gasteiger partial charge on any atom is -0.375 e. The Kier molecular flexibility index (Phi) is 5.63. The fraction of sp³-hybridized carbons (Fsp3) is 0.333. The van der Waals surface area contributed by atoms with Crippen molar-refractivity contribution in [1.82, 2.24) is 0 Å². The van der Waals surface area contributed by atoms with Crippen molar-refractivity contribution >= 4 is 5.69 Å². The summed E-state index contributed by atoms with van der Waals surface area (Å²) in [6, 6.07) is 19.0. The molecule has 0 aliphatic carbocycles. The summed E-state index contributed by atoms with van der Waals surface area (Å²) in [7, 11) is 0. The Labute approximate surface area is 122 Å². The second kappa shape index (κ2) is 7.71. The first-order valence-electron chi connectivity index (χ1n) is 7.23. The summed E-state index contributed by atoms with van der Waals surface area (Å²) in [5.41, 5.74) is 3.78. The molecule has 0 aliphatic heterocycles. The highest BCUT2D eigenvalue weighted by molar-refractivity contribution is 5.45. The standard InChI is InChI=1S/C18H23NO/c1-3-19(18-7-5-4-6-8-18)13-14-20-15-17-11-9-16(2)10-12-17/h4-12H,3,13-15H2,1-2H3. The van der Waals surface area contributed by atoms with Crippen molar-refractivity contribution < 1.29 is 4.74 Å². The van der Waals surface area contributed by atoms with Crippen LogP contribution in [0.25, 0.3) is 0 Å². The lowest BCUT2D eigenvalue weighted by Gasteiger charge is -2.22. The lowest BCUT2D eigenvalue weighted by Crippen LogP contribution is -2.26. The van der Waals surface area contributed by atoms with Crippen LogP contribution in [-0.2, 0) is 11.3 Å². The molecule has 0 bridgehead atoms. The maximum Gasteiger partial charge on any atom is 0.0717 e. The Hall–Kier alpha value is -1.80. The Balaban J connectivity index is 1.76. The van der Waals surface area contributed by atoms with Crippen molar-refractivity contribution in [2.24, 2.45) is 0 Å². The normalized spacial score (nSPS) is 10.5.